The number of aryl methyl sites for hydroxylation is 1. The second-order valence-corrected chi connectivity index (χ2v) is 7.48. The van der Waals surface area contributed by atoms with Gasteiger partial charge in [0, 0.05) is 47.2 Å². The van der Waals surface area contributed by atoms with Gasteiger partial charge in [0.05, 0.1) is 5.69 Å². The number of hydrogen-bond donors (Lipinski definition) is 2. The number of fused-ring (bicyclic) bond motifs is 1. The molecule has 1 amide bonds. The van der Waals surface area contributed by atoms with Gasteiger partial charge in [-0.05, 0) is 44.7 Å². The highest BCUT2D eigenvalue weighted by Crippen LogP contribution is 2.34. The van der Waals surface area contributed by atoms with Crippen molar-refractivity contribution in [2.45, 2.75) is 38.6 Å². The number of rotatable bonds is 4. The molecule has 1 aromatic carbocycles. The van der Waals surface area contributed by atoms with Gasteiger partial charge in [0.2, 0.25) is 5.95 Å². The van der Waals surface area contributed by atoms with Crippen molar-refractivity contribution in [1.29, 1.82) is 0 Å². The van der Waals surface area contributed by atoms with Crippen LogP contribution in [0.2, 0.25) is 0 Å². The van der Waals surface area contributed by atoms with Crippen LogP contribution >= 0.6 is 0 Å². The number of amides is 1. The summed E-state index contributed by atoms with van der Waals surface area (Å²) >= 11 is 0. The van der Waals surface area contributed by atoms with Gasteiger partial charge in [-0.1, -0.05) is 12.1 Å². The molecule has 142 valence electrons. The van der Waals surface area contributed by atoms with Crippen LogP contribution in [-0.2, 0) is 12.8 Å². The summed E-state index contributed by atoms with van der Waals surface area (Å²) in [7, 11) is 0. The van der Waals surface area contributed by atoms with E-state index in [9.17, 15) is 4.79 Å². The minimum atomic E-state index is -0.184. The van der Waals surface area contributed by atoms with Crippen LogP contribution in [-0.4, -0.2) is 38.7 Å². The van der Waals surface area contributed by atoms with E-state index in [2.05, 4.69) is 27.3 Å². The van der Waals surface area contributed by atoms with Gasteiger partial charge in [-0.25, -0.2) is 9.97 Å². The van der Waals surface area contributed by atoms with Crippen LogP contribution in [0.4, 0.5) is 11.8 Å². The quantitative estimate of drug-likeness (QED) is 0.732. The molecule has 1 saturated heterocycles. The number of aromatic nitrogens is 4. The smallest absolute Gasteiger partial charge is 0.256 e. The van der Waals surface area contributed by atoms with Crippen molar-refractivity contribution < 1.29 is 4.79 Å². The van der Waals surface area contributed by atoms with Crippen molar-refractivity contribution in [1.82, 2.24) is 20.2 Å². The Bertz CT molecular complexity index is 1030. The number of anilines is 2. The first kappa shape index (κ1) is 16.9. The van der Waals surface area contributed by atoms with Gasteiger partial charge in [0.25, 0.3) is 5.91 Å². The summed E-state index contributed by atoms with van der Waals surface area (Å²) < 4.78 is 0. The average molecular weight is 374 g/mol. The van der Waals surface area contributed by atoms with Crippen LogP contribution in [0.3, 0.4) is 0 Å². The van der Waals surface area contributed by atoms with Crippen molar-refractivity contribution in [3.63, 3.8) is 0 Å². The van der Waals surface area contributed by atoms with Gasteiger partial charge in [0.1, 0.15) is 0 Å². The fraction of sp³-hybridized carbons (Fsp3) is 0.333. The lowest BCUT2D eigenvalue weighted by Crippen LogP contribution is -2.46. The summed E-state index contributed by atoms with van der Waals surface area (Å²) in [5.41, 5.74) is 4.90. The molecule has 1 atom stereocenters. The second-order valence-electron chi connectivity index (χ2n) is 7.48. The van der Waals surface area contributed by atoms with E-state index in [4.69, 9.17) is 9.97 Å². The zero-order valence-corrected chi connectivity index (χ0v) is 15.8. The lowest BCUT2D eigenvalue weighted by atomic mass is 10.0. The molecule has 1 aliphatic heterocycles. The number of carbonyl (C=O) groups excluding carboxylic acids is 1. The normalized spacial score (nSPS) is 17.9. The molecular formula is C21H22N6O. The van der Waals surface area contributed by atoms with Crippen LogP contribution in [0.15, 0.2) is 36.5 Å². The van der Waals surface area contributed by atoms with E-state index in [0.717, 1.165) is 48.7 Å². The van der Waals surface area contributed by atoms with Gasteiger partial charge in [-0.3, -0.25) is 9.89 Å². The molecule has 0 saturated carbocycles. The van der Waals surface area contributed by atoms with Crippen LogP contribution in [0.1, 0.15) is 41.4 Å². The van der Waals surface area contributed by atoms with Crippen molar-refractivity contribution in [2.24, 2.45) is 0 Å². The summed E-state index contributed by atoms with van der Waals surface area (Å²) in [5.74, 6) is 1.14. The Morgan fingerprint density at radius 2 is 2.18 bits per heavy atom. The molecule has 2 aromatic heterocycles. The molecule has 0 spiro atoms. The first-order chi connectivity index (χ1) is 13.7. The Labute approximate surface area is 163 Å². The molecule has 0 bridgehead atoms. The van der Waals surface area contributed by atoms with E-state index in [1.54, 1.807) is 12.3 Å². The predicted molar refractivity (Wildman–Crippen MR) is 107 cm³/mol. The number of H-pyrrole nitrogens is 1. The largest absolute Gasteiger partial charge is 0.338 e. The van der Waals surface area contributed by atoms with Crippen molar-refractivity contribution in [2.75, 3.05) is 16.8 Å². The highest BCUT2D eigenvalue weighted by atomic mass is 16.1. The lowest BCUT2D eigenvalue weighted by molar-refractivity contribution is 0.102. The van der Waals surface area contributed by atoms with Crippen molar-refractivity contribution in [3.8, 4) is 11.3 Å². The van der Waals surface area contributed by atoms with E-state index < -0.39 is 0 Å². The van der Waals surface area contributed by atoms with Crippen LogP contribution in [0.25, 0.3) is 11.3 Å². The topological polar surface area (TPSA) is 86.8 Å². The Kier molecular flexibility index (Phi) is 4.07. The third-order valence-corrected chi connectivity index (χ3v) is 5.64. The lowest BCUT2D eigenvalue weighted by Gasteiger charge is -2.39. The number of aromatic amines is 1. The molecule has 7 nitrogen and oxygen atoms in total. The summed E-state index contributed by atoms with van der Waals surface area (Å²) in [6.07, 6.45) is 5.95. The van der Waals surface area contributed by atoms with E-state index >= 15 is 0 Å². The zero-order chi connectivity index (χ0) is 19.1. The number of benzene rings is 1. The van der Waals surface area contributed by atoms with Gasteiger partial charge < -0.3 is 10.2 Å². The minimum absolute atomic E-state index is 0.184. The molecule has 2 N–H and O–H groups in total. The zero-order valence-electron chi connectivity index (χ0n) is 15.8. The standard InChI is InChI=1S/C21H22N6O/c1-13-9-11-27(13)21-23-17-7-3-6-16(17)19(25-21)14-4-2-5-15(12-14)20(28)24-18-8-10-22-26-18/h2,4-5,8,10,12-13H,3,6-7,9,11H2,1H3,(H2,22,24,26,28)/t13-/m0/s1. The first-order valence-corrected chi connectivity index (χ1v) is 9.77. The maximum atomic E-state index is 12.6. The van der Waals surface area contributed by atoms with E-state index in [-0.39, 0.29) is 5.91 Å². The van der Waals surface area contributed by atoms with Crippen LogP contribution < -0.4 is 10.2 Å². The molecular weight excluding hydrogens is 352 g/mol. The number of nitrogens with one attached hydrogen (secondary N) is 2. The monoisotopic (exact) mass is 374 g/mol. The second kappa shape index (κ2) is 6.74. The van der Waals surface area contributed by atoms with E-state index in [0.29, 0.717) is 17.4 Å². The molecule has 3 aromatic rings. The van der Waals surface area contributed by atoms with Crippen molar-refractivity contribution in [3.05, 3.63) is 53.3 Å². The molecule has 1 fully saturated rings. The molecule has 0 unspecified atom stereocenters. The van der Waals surface area contributed by atoms with E-state index in [1.165, 1.54) is 12.0 Å². The number of hydrogen-bond acceptors (Lipinski definition) is 5. The molecule has 1 aliphatic carbocycles. The fourth-order valence-electron chi connectivity index (χ4n) is 3.93. The Balaban J connectivity index is 1.51. The summed E-state index contributed by atoms with van der Waals surface area (Å²) in [6.45, 7) is 3.21. The molecule has 7 heteroatoms. The SMILES string of the molecule is C[C@H]1CCN1c1nc2c(c(-c3cccc(C(=O)Nc4cc[nH]n4)c3)n1)CCC2. The summed E-state index contributed by atoms with van der Waals surface area (Å²) in [6, 6.07) is 9.86. The Hall–Kier alpha value is -3.22. The molecule has 0 radical (unpaired) electrons. The minimum Gasteiger partial charge on any atom is -0.338 e. The van der Waals surface area contributed by atoms with Gasteiger partial charge in [-0.2, -0.15) is 5.10 Å². The first-order valence-electron chi connectivity index (χ1n) is 9.77. The maximum Gasteiger partial charge on any atom is 0.256 e. The maximum absolute atomic E-state index is 12.6. The third kappa shape index (κ3) is 2.93. The van der Waals surface area contributed by atoms with Gasteiger partial charge in [0.15, 0.2) is 5.82 Å². The Morgan fingerprint density at radius 1 is 1.25 bits per heavy atom. The highest BCUT2D eigenvalue weighted by Gasteiger charge is 2.29. The Morgan fingerprint density at radius 3 is 2.93 bits per heavy atom. The van der Waals surface area contributed by atoms with E-state index in [1.807, 2.05) is 24.3 Å². The summed E-state index contributed by atoms with van der Waals surface area (Å²) in [5, 5.41) is 9.48. The summed E-state index contributed by atoms with van der Waals surface area (Å²) in [4.78, 5) is 24.6. The van der Waals surface area contributed by atoms with Gasteiger partial charge >= 0.3 is 0 Å². The molecule has 3 heterocycles. The third-order valence-electron chi connectivity index (χ3n) is 5.64. The number of carbonyl (C=O) groups is 1. The van der Waals surface area contributed by atoms with Crippen LogP contribution in [0, 0.1) is 0 Å². The molecule has 2 aliphatic rings. The highest BCUT2D eigenvalue weighted by molar-refractivity contribution is 6.04. The molecule has 28 heavy (non-hydrogen) atoms. The fourth-order valence-corrected chi connectivity index (χ4v) is 3.93. The van der Waals surface area contributed by atoms with Crippen molar-refractivity contribution >= 4 is 17.7 Å². The number of nitrogens with zero attached hydrogens (tertiary/aromatic N) is 4. The molecule has 5 rings (SSSR count). The van der Waals surface area contributed by atoms with Crippen LogP contribution in [0.5, 0.6) is 0 Å². The van der Waals surface area contributed by atoms with Gasteiger partial charge in [-0.15, -0.1) is 0 Å². The average Bonchev–Trinajstić information content (AvgIpc) is 3.38. The predicted octanol–water partition coefficient (Wildman–Crippen LogP) is 3.21.